The predicted molar refractivity (Wildman–Crippen MR) is 98.4 cm³/mol. The van der Waals surface area contributed by atoms with E-state index in [1.807, 2.05) is 13.0 Å². The van der Waals surface area contributed by atoms with Gasteiger partial charge >= 0.3 is 0 Å². The molecule has 0 radical (unpaired) electrons. The highest BCUT2D eigenvalue weighted by atomic mass is 32.2. The molecule has 0 spiro atoms. The molecule has 1 N–H and O–H groups in total. The Labute approximate surface area is 152 Å². The van der Waals surface area contributed by atoms with Crippen LogP contribution < -0.4 is 5.32 Å². The van der Waals surface area contributed by atoms with Crippen LogP contribution in [-0.4, -0.2) is 27.3 Å². The van der Waals surface area contributed by atoms with Crippen LogP contribution in [-0.2, 0) is 4.79 Å². The maximum Gasteiger partial charge on any atom is 0.233 e. The minimum atomic E-state index is -0.291. The van der Waals surface area contributed by atoms with Crippen LogP contribution in [0.3, 0.4) is 0 Å². The molecule has 134 valence electrons. The number of benzene rings is 1. The molecule has 3 rings (SSSR count). The van der Waals surface area contributed by atoms with Crippen molar-refractivity contribution in [3.05, 3.63) is 42.5 Å². The Balaban J connectivity index is 1.58. The van der Waals surface area contributed by atoms with E-state index in [-0.39, 0.29) is 17.0 Å². The number of imidazole rings is 1. The molecule has 4 nitrogen and oxygen atoms in total. The number of nitrogens with zero attached hydrogens (tertiary/aromatic N) is 2. The summed E-state index contributed by atoms with van der Waals surface area (Å²) in [5.41, 5.74) is 0.704. The molecule has 1 aliphatic rings. The minimum absolute atomic E-state index is 0.0318. The van der Waals surface area contributed by atoms with Gasteiger partial charge in [-0.3, -0.25) is 9.36 Å². The number of carbonyl (C=O) groups is 1. The standard InChI is InChI=1S/C19H24FN3OS/c1-14(18(24)22-13-15-6-3-2-4-7-15)25-19-21-10-11-23(19)17-9-5-8-16(20)12-17/h5,8-12,14-15H,2-4,6-7,13H2,1H3,(H,22,24). The molecule has 1 fully saturated rings. The Bertz CT molecular complexity index is 712. The smallest absolute Gasteiger partial charge is 0.233 e. The monoisotopic (exact) mass is 361 g/mol. The molecule has 1 aliphatic carbocycles. The zero-order chi connectivity index (χ0) is 17.6. The maximum absolute atomic E-state index is 13.5. The van der Waals surface area contributed by atoms with Crippen LogP contribution in [0, 0.1) is 11.7 Å². The van der Waals surface area contributed by atoms with Crippen molar-refractivity contribution < 1.29 is 9.18 Å². The fraction of sp³-hybridized carbons (Fsp3) is 0.474. The fourth-order valence-electron chi connectivity index (χ4n) is 3.19. The number of aromatic nitrogens is 2. The number of nitrogens with one attached hydrogen (secondary N) is 1. The molecule has 1 amide bonds. The second-order valence-corrected chi connectivity index (χ2v) is 7.88. The van der Waals surface area contributed by atoms with Crippen molar-refractivity contribution in [1.82, 2.24) is 14.9 Å². The van der Waals surface area contributed by atoms with Crippen LogP contribution in [0.25, 0.3) is 5.69 Å². The molecule has 0 saturated heterocycles. The van der Waals surface area contributed by atoms with Crippen molar-refractivity contribution in [3.63, 3.8) is 0 Å². The summed E-state index contributed by atoms with van der Waals surface area (Å²) in [7, 11) is 0. The molecular weight excluding hydrogens is 337 g/mol. The van der Waals surface area contributed by atoms with Crippen molar-refractivity contribution in [2.75, 3.05) is 6.54 Å². The summed E-state index contributed by atoms with van der Waals surface area (Å²) in [5.74, 6) is 0.356. The molecule has 1 heterocycles. The van der Waals surface area contributed by atoms with E-state index in [0.29, 0.717) is 16.8 Å². The van der Waals surface area contributed by atoms with Crippen molar-refractivity contribution in [2.24, 2.45) is 5.92 Å². The summed E-state index contributed by atoms with van der Waals surface area (Å²) in [4.78, 5) is 16.7. The summed E-state index contributed by atoms with van der Waals surface area (Å²) in [6.07, 6.45) is 9.74. The van der Waals surface area contributed by atoms with Crippen molar-refractivity contribution in [2.45, 2.75) is 49.4 Å². The molecule has 1 unspecified atom stereocenters. The second kappa shape index (κ2) is 8.52. The Morgan fingerprint density at radius 1 is 1.40 bits per heavy atom. The van der Waals surface area contributed by atoms with Gasteiger partial charge in [-0.25, -0.2) is 9.37 Å². The van der Waals surface area contributed by atoms with Gasteiger partial charge in [0, 0.05) is 18.9 Å². The van der Waals surface area contributed by atoms with Gasteiger partial charge in [-0.05, 0) is 43.9 Å². The van der Waals surface area contributed by atoms with Gasteiger partial charge < -0.3 is 5.32 Å². The van der Waals surface area contributed by atoms with E-state index in [2.05, 4.69) is 10.3 Å². The van der Waals surface area contributed by atoms with Gasteiger partial charge in [0.2, 0.25) is 5.91 Å². The number of thioether (sulfide) groups is 1. The molecule has 0 aliphatic heterocycles. The Morgan fingerprint density at radius 2 is 2.20 bits per heavy atom. The Morgan fingerprint density at radius 3 is 2.96 bits per heavy atom. The topological polar surface area (TPSA) is 46.9 Å². The number of rotatable bonds is 6. The third kappa shape index (κ3) is 4.84. The molecule has 1 saturated carbocycles. The van der Waals surface area contributed by atoms with E-state index in [4.69, 9.17) is 0 Å². The van der Waals surface area contributed by atoms with Gasteiger partial charge in [-0.1, -0.05) is 37.1 Å². The molecule has 1 aromatic heterocycles. The van der Waals surface area contributed by atoms with Crippen LogP contribution in [0.1, 0.15) is 39.0 Å². The van der Waals surface area contributed by atoms with Crippen LogP contribution in [0.15, 0.2) is 41.8 Å². The van der Waals surface area contributed by atoms with Gasteiger partial charge in [0.1, 0.15) is 5.82 Å². The third-order valence-electron chi connectivity index (χ3n) is 4.63. The summed E-state index contributed by atoms with van der Waals surface area (Å²) in [6.45, 7) is 2.65. The quantitative estimate of drug-likeness (QED) is 0.785. The first kappa shape index (κ1) is 18.0. The summed E-state index contributed by atoms with van der Waals surface area (Å²) < 4.78 is 15.3. The Kier molecular flexibility index (Phi) is 6.13. The molecule has 2 aromatic rings. The van der Waals surface area contributed by atoms with Crippen LogP contribution in [0.4, 0.5) is 4.39 Å². The first-order chi connectivity index (χ1) is 12.1. The molecule has 25 heavy (non-hydrogen) atoms. The zero-order valence-electron chi connectivity index (χ0n) is 14.5. The van der Waals surface area contributed by atoms with Gasteiger partial charge in [0.25, 0.3) is 0 Å². The van der Waals surface area contributed by atoms with E-state index >= 15 is 0 Å². The lowest BCUT2D eigenvalue weighted by atomic mass is 9.89. The van der Waals surface area contributed by atoms with Crippen molar-refractivity contribution in [1.29, 1.82) is 0 Å². The third-order valence-corrected chi connectivity index (χ3v) is 5.71. The SMILES string of the molecule is CC(Sc1nccn1-c1cccc(F)c1)C(=O)NCC1CCCCC1. The highest BCUT2D eigenvalue weighted by Gasteiger charge is 2.20. The van der Waals surface area contributed by atoms with E-state index in [1.165, 1.54) is 56.0 Å². The lowest BCUT2D eigenvalue weighted by Crippen LogP contribution is -2.35. The lowest BCUT2D eigenvalue weighted by molar-refractivity contribution is -0.120. The number of amides is 1. The van der Waals surface area contributed by atoms with E-state index in [0.717, 1.165) is 6.54 Å². The molecule has 1 aromatic carbocycles. The average molecular weight is 361 g/mol. The molecule has 6 heteroatoms. The minimum Gasteiger partial charge on any atom is -0.355 e. The first-order valence-electron chi connectivity index (χ1n) is 8.87. The highest BCUT2D eigenvalue weighted by Crippen LogP contribution is 2.26. The number of carbonyl (C=O) groups excluding carboxylic acids is 1. The zero-order valence-corrected chi connectivity index (χ0v) is 15.3. The first-order valence-corrected chi connectivity index (χ1v) is 9.75. The van der Waals surface area contributed by atoms with Crippen molar-refractivity contribution >= 4 is 17.7 Å². The average Bonchev–Trinajstić information content (AvgIpc) is 3.08. The second-order valence-electron chi connectivity index (χ2n) is 6.57. The number of hydrogen-bond donors (Lipinski definition) is 1. The molecule has 0 bridgehead atoms. The molecule has 1 atom stereocenters. The predicted octanol–water partition coefficient (Wildman–Crippen LogP) is 4.19. The summed E-state index contributed by atoms with van der Waals surface area (Å²) in [5, 5.41) is 3.51. The number of hydrogen-bond acceptors (Lipinski definition) is 3. The lowest BCUT2D eigenvalue weighted by Gasteiger charge is -2.22. The number of halogens is 1. The van der Waals surface area contributed by atoms with E-state index in [1.54, 1.807) is 23.0 Å². The van der Waals surface area contributed by atoms with E-state index in [9.17, 15) is 9.18 Å². The van der Waals surface area contributed by atoms with Gasteiger partial charge in [-0.2, -0.15) is 0 Å². The van der Waals surface area contributed by atoms with Gasteiger partial charge in [-0.15, -0.1) is 0 Å². The van der Waals surface area contributed by atoms with Crippen molar-refractivity contribution in [3.8, 4) is 5.69 Å². The Hall–Kier alpha value is -1.82. The summed E-state index contributed by atoms with van der Waals surface area (Å²) in [6, 6.07) is 6.36. The van der Waals surface area contributed by atoms with Crippen LogP contribution in [0.2, 0.25) is 0 Å². The van der Waals surface area contributed by atoms with E-state index < -0.39 is 0 Å². The largest absolute Gasteiger partial charge is 0.355 e. The normalized spacial score (nSPS) is 16.6. The highest BCUT2D eigenvalue weighted by molar-refractivity contribution is 8.00. The summed E-state index contributed by atoms with van der Waals surface area (Å²) >= 11 is 1.39. The maximum atomic E-state index is 13.5. The van der Waals surface area contributed by atoms with Crippen LogP contribution >= 0.6 is 11.8 Å². The van der Waals surface area contributed by atoms with Gasteiger partial charge in [0.05, 0.1) is 10.9 Å². The fourth-order valence-corrected chi connectivity index (χ4v) is 4.10. The van der Waals surface area contributed by atoms with Gasteiger partial charge in [0.15, 0.2) is 5.16 Å². The molecular formula is C19H24FN3OS. The van der Waals surface area contributed by atoms with Crippen LogP contribution in [0.5, 0.6) is 0 Å².